The summed E-state index contributed by atoms with van der Waals surface area (Å²) in [4.78, 5) is 34.0. The third-order valence-electron chi connectivity index (χ3n) is 9.89. The first-order chi connectivity index (χ1) is 25.6. The zero-order chi connectivity index (χ0) is 40.2. The van der Waals surface area contributed by atoms with Gasteiger partial charge in [-0.15, -0.1) is 0 Å². The van der Waals surface area contributed by atoms with Crippen molar-refractivity contribution in [2.75, 3.05) is 6.54 Å². The third kappa shape index (κ3) is 7.75. The van der Waals surface area contributed by atoms with E-state index in [1.54, 1.807) is 16.9 Å². The molecule has 2 aromatic carbocycles. The molecule has 1 saturated heterocycles. The van der Waals surface area contributed by atoms with Gasteiger partial charge in [0.1, 0.15) is 29.8 Å². The number of hydrogen-bond donors (Lipinski definition) is 3. The van der Waals surface area contributed by atoms with Crippen molar-refractivity contribution in [2.24, 2.45) is 17.1 Å². The van der Waals surface area contributed by atoms with Crippen LogP contribution in [0, 0.1) is 11.3 Å². The normalized spacial score (nSPS) is 20.7. The van der Waals surface area contributed by atoms with E-state index in [2.05, 4.69) is 30.9 Å². The monoisotopic (exact) mass is 802 g/mol. The van der Waals surface area contributed by atoms with Gasteiger partial charge in [0.05, 0.1) is 28.7 Å². The van der Waals surface area contributed by atoms with Crippen molar-refractivity contribution >= 4 is 23.4 Å². The molecule has 21 heteroatoms. The smallest absolute Gasteiger partial charge is 0.353 e. The van der Waals surface area contributed by atoms with Crippen molar-refractivity contribution in [3.63, 3.8) is 0 Å². The molecule has 1 aliphatic carbocycles. The van der Waals surface area contributed by atoms with E-state index >= 15 is 0 Å². The number of nitrogens with zero attached hydrogens (tertiary/aromatic N) is 7. The van der Waals surface area contributed by atoms with E-state index in [1.165, 1.54) is 36.5 Å². The Bertz CT molecular complexity index is 2050. The number of amides is 2. The zero-order valence-electron chi connectivity index (χ0n) is 29.3. The van der Waals surface area contributed by atoms with Gasteiger partial charge in [-0.25, -0.2) is 4.98 Å². The number of nitrogens with one attached hydrogen (secondary N) is 2. The summed E-state index contributed by atoms with van der Waals surface area (Å²) < 4.78 is 112. The van der Waals surface area contributed by atoms with Crippen molar-refractivity contribution in [1.82, 2.24) is 45.3 Å². The van der Waals surface area contributed by atoms with Crippen molar-refractivity contribution in [3.05, 3.63) is 71.1 Å². The minimum Gasteiger partial charge on any atom is -0.353 e. The maximum absolute atomic E-state index is 14.9. The Balaban J connectivity index is 1.44. The number of carbonyl (C=O) groups is 2. The van der Waals surface area contributed by atoms with Gasteiger partial charge < -0.3 is 10.2 Å². The van der Waals surface area contributed by atoms with Crippen molar-refractivity contribution in [2.45, 2.75) is 82.8 Å². The van der Waals surface area contributed by atoms with Crippen LogP contribution in [-0.4, -0.2) is 71.7 Å². The van der Waals surface area contributed by atoms with E-state index < -0.39 is 78.7 Å². The molecule has 1 saturated carbocycles. The molecule has 2 amide bonds. The minimum atomic E-state index is -4.94. The average Bonchev–Trinajstić information content (AvgIpc) is 3.52. The predicted molar refractivity (Wildman–Crippen MR) is 181 cm³/mol. The maximum Gasteiger partial charge on any atom is 0.400 e. The summed E-state index contributed by atoms with van der Waals surface area (Å²) in [5.74, 6) is -5.39. The SMILES string of the molecule is C[C@H](C(=O)NC[C@H](c1ccc(Cl)c(-c2ncnn2C(F)F)c1)N1C(=O)[C@@](CC(C)(C)C(F)(F)F)(c2ccc(-c3cnn(C4CC4)n3)cc2)NC1N)C(F)(F)F. The van der Waals surface area contributed by atoms with Crippen LogP contribution in [-0.2, 0) is 15.1 Å². The van der Waals surface area contributed by atoms with Crippen LogP contribution < -0.4 is 16.4 Å². The minimum absolute atomic E-state index is 0.00811. The highest BCUT2D eigenvalue weighted by Gasteiger charge is 2.60. The second-order valence-electron chi connectivity index (χ2n) is 14.2. The van der Waals surface area contributed by atoms with Gasteiger partial charge in [-0.2, -0.15) is 59.9 Å². The van der Waals surface area contributed by atoms with Crippen molar-refractivity contribution < 1.29 is 44.7 Å². The van der Waals surface area contributed by atoms with Crippen molar-refractivity contribution in [3.8, 4) is 22.6 Å². The Kier molecular flexibility index (Phi) is 10.5. The fourth-order valence-corrected chi connectivity index (χ4v) is 6.66. The average molecular weight is 803 g/mol. The lowest BCUT2D eigenvalue weighted by Gasteiger charge is -2.38. The number of carbonyl (C=O) groups excluding carboxylic acids is 2. The van der Waals surface area contributed by atoms with Crippen LogP contribution in [0.1, 0.15) is 69.8 Å². The van der Waals surface area contributed by atoms with Gasteiger partial charge in [0.15, 0.2) is 5.82 Å². The van der Waals surface area contributed by atoms with Gasteiger partial charge >= 0.3 is 18.9 Å². The summed E-state index contributed by atoms with van der Waals surface area (Å²) >= 11 is 6.37. The summed E-state index contributed by atoms with van der Waals surface area (Å²) in [5.41, 5.74) is 2.79. The number of nitrogens with two attached hydrogens (primary N) is 1. The van der Waals surface area contributed by atoms with E-state index in [0.29, 0.717) is 18.2 Å². The largest absolute Gasteiger partial charge is 0.400 e. The highest BCUT2D eigenvalue weighted by molar-refractivity contribution is 6.33. The lowest BCUT2D eigenvalue weighted by molar-refractivity contribution is -0.218. The van der Waals surface area contributed by atoms with Gasteiger partial charge in [0.25, 0.3) is 0 Å². The number of benzene rings is 2. The number of alkyl halides is 8. The molecule has 2 aromatic heterocycles. The second kappa shape index (κ2) is 14.4. The number of aromatic nitrogens is 6. The van der Waals surface area contributed by atoms with Crippen molar-refractivity contribution in [1.29, 1.82) is 0 Å². The molecule has 2 aliphatic rings. The molecular weight excluding hydrogens is 768 g/mol. The Labute approximate surface area is 313 Å². The van der Waals surface area contributed by atoms with Crippen LogP contribution in [0.5, 0.6) is 0 Å². The molecule has 3 heterocycles. The predicted octanol–water partition coefficient (Wildman–Crippen LogP) is 6.49. The lowest BCUT2D eigenvalue weighted by Crippen LogP contribution is -2.51. The molecule has 2 fully saturated rings. The van der Waals surface area contributed by atoms with Gasteiger partial charge in [-0.1, -0.05) is 55.8 Å². The van der Waals surface area contributed by atoms with Gasteiger partial charge in [-0.3, -0.25) is 20.6 Å². The first-order valence-corrected chi connectivity index (χ1v) is 17.3. The third-order valence-corrected chi connectivity index (χ3v) is 10.2. The highest BCUT2D eigenvalue weighted by atomic mass is 35.5. The molecule has 4 aromatic rings. The number of hydrogen-bond acceptors (Lipinski definition) is 8. The Morgan fingerprint density at radius 1 is 1.07 bits per heavy atom. The molecule has 0 radical (unpaired) electrons. The van der Waals surface area contributed by atoms with Gasteiger partial charge in [0, 0.05) is 17.7 Å². The van der Waals surface area contributed by atoms with Crippen LogP contribution in [0.25, 0.3) is 22.6 Å². The topological polar surface area (TPSA) is 149 Å². The fraction of sp³-hybridized carbons (Fsp3) is 0.471. The first kappa shape index (κ1) is 40.0. The molecular formula is C34H35ClF8N10O2. The fourth-order valence-electron chi connectivity index (χ4n) is 6.46. The van der Waals surface area contributed by atoms with E-state index in [4.69, 9.17) is 17.3 Å². The number of halogens is 9. The molecule has 12 nitrogen and oxygen atoms in total. The van der Waals surface area contributed by atoms with Crippen LogP contribution in [0.3, 0.4) is 0 Å². The molecule has 1 unspecified atom stereocenters. The maximum atomic E-state index is 14.9. The molecule has 0 spiro atoms. The lowest BCUT2D eigenvalue weighted by atomic mass is 9.73. The molecule has 55 heavy (non-hydrogen) atoms. The Morgan fingerprint density at radius 2 is 1.75 bits per heavy atom. The summed E-state index contributed by atoms with van der Waals surface area (Å²) in [5, 5.41) is 17.1. The molecule has 4 atom stereocenters. The van der Waals surface area contributed by atoms with E-state index in [1.807, 2.05) is 0 Å². The second-order valence-corrected chi connectivity index (χ2v) is 14.6. The van der Waals surface area contributed by atoms with E-state index in [9.17, 15) is 44.7 Å². The standard InChI is InChI=1S/C34H35ClF8N10O2/c1-17(33(38,39)40)27(54)45-14-25(19-6-11-23(35)22(12-19)26-46-16-48-52(26)29(36)37)51-28(55)32(49-30(51)44,15-31(2,3)34(41,42)43)20-7-4-18(5-8-20)24-13-47-53(50-24)21-9-10-21/h4-8,11-13,16-17,21,25,29-30,49H,9-10,14-15,44H2,1-3H3,(H,45,54)/t17-,25-,30?,32-/m1/s1. The first-order valence-electron chi connectivity index (χ1n) is 16.9. The van der Waals surface area contributed by atoms with Crippen LogP contribution >= 0.6 is 11.6 Å². The van der Waals surface area contributed by atoms with Gasteiger partial charge in [-0.05, 0) is 49.4 Å². The van der Waals surface area contributed by atoms with Crippen LogP contribution in [0.2, 0.25) is 5.02 Å². The Morgan fingerprint density at radius 3 is 2.35 bits per heavy atom. The quantitative estimate of drug-likeness (QED) is 0.138. The summed E-state index contributed by atoms with van der Waals surface area (Å²) in [7, 11) is 0. The van der Waals surface area contributed by atoms with E-state index in [0.717, 1.165) is 37.9 Å². The molecule has 4 N–H and O–H groups in total. The van der Waals surface area contributed by atoms with Crippen LogP contribution in [0.15, 0.2) is 55.0 Å². The number of rotatable bonds is 12. The molecule has 0 bridgehead atoms. The molecule has 296 valence electrons. The summed E-state index contributed by atoms with van der Waals surface area (Å²) in [6, 6.07) is 8.44. The summed E-state index contributed by atoms with van der Waals surface area (Å²) in [6.45, 7) is -1.47. The molecule has 6 rings (SSSR count). The van der Waals surface area contributed by atoms with E-state index in [-0.39, 0.29) is 32.4 Å². The zero-order valence-corrected chi connectivity index (χ0v) is 30.1. The van der Waals surface area contributed by atoms with Crippen LogP contribution in [0.4, 0.5) is 35.1 Å². The molecule has 1 aliphatic heterocycles. The Hall–Kier alpha value is -4.69. The highest BCUT2D eigenvalue weighted by Crippen LogP contribution is 2.49. The summed E-state index contributed by atoms with van der Waals surface area (Å²) in [6.07, 6.45) is -8.03. The van der Waals surface area contributed by atoms with Gasteiger partial charge in [0.2, 0.25) is 11.8 Å².